The third-order valence-corrected chi connectivity index (χ3v) is 7.86. The lowest BCUT2D eigenvalue weighted by Gasteiger charge is -2.27. The van der Waals surface area contributed by atoms with Gasteiger partial charge in [0.05, 0.1) is 10.1 Å². The average molecular weight is 312 g/mol. The van der Waals surface area contributed by atoms with E-state index in [4.69, 9.17) is 0 Å². The van der Waals surface area contributed by atoms with Gasteiger partial charge >= 0.3 is 0 Å². The molecule has 1 saturated carbocycles. The first-order valence-electron chi connectivity index (χ1n) is 7.93. The van der Waals surface area contributed by atoms with Gasteiger partial charge in [-0.15, -0.1) is 0 Å². The van der Waals surface area contributed by atoms with E-state index in [1.165, 1.54) is 5.56 Å². The van der Waals surface area contributed by atoms with Gasteiger partial charge in [0.2, 0.25) is 0 Å². The summed E-state index contributed by atoms with van der Waals surface area (Å²) in [7, 11) is -3.34. The predicted octanol–water partition coefficient (Wildman–Crippen LogP) is 4.27. The van der Waals surface area contributed by atoms with E-state index in [-0.39, 0.29) is 11.3 Å². The summed E-state index contributed by atoms with van der Waals surface area (Å²) < 4.78 is 26.6. The first-order valence-corrected chi connectivity index (χ1v) is 9.48. The van der Waals surface area contributed by atoms with Gasteiger partial charge < -0.3 is 0 Å². The minimum absolute atomic E-state index is 0.0170. The van der Waals surface area contributed by atoms with Crippen molar-refractivity contribution in [1.29, 1.82) is 0 Å². The van der Waals surface area contributed by atoms with Crippen molar-refractivity contribution < 1.29 is 8.42 Å². The second kappa shape index (κ2) is 4.69. The molecule has 3 atom stereocenters. The van der Waals surface area contributed by atoms with Crippen LogP contribution in [0.4, 0.5) is 0 Å². The Hall–Kier alpha value is -1.61. The molecule has 0 bridgehead atoms. The third-order valence-electron chi connectivity index (χ3n) is 5.68. The van der Waals surface area contributed by atoms with Crippen LogP contribution in [0.5, 0.6) is 0 Å². The normalized spacial score (nSPS) is 30.0. The minimum atomic E-state index is -3.34. The van der Waals surface area contributed by atoms with Crippen molar-refractivity contribution in [3.63, 3.8) is 0 Å². The highest BCUT2D eigenvalue weighted by Crippen LogP contribution is 2.61. The van der Waals surface area contributed by atoms with Gasteiger partial charge in [0.15, 0.2) is 9.84 Å². The van der Waals surface area contributed by atoms with Crippen LogP contribution in [0.2, 0.25) is 0 Å². The molecule has 0 N–H and O–H groups in total. The molecular weight excluding hydrogens is 292 g/mol. The van der Waals surface area contributed by atoms with Crippen molar-refractivity contribution in [2.24, 2.45) is 5.92 Å². The summed E-state index contributed by atoms with van der Waals surface area (Å²) in [4.78, 5) is 0.450. The van der Waals surface area contributed by atoms with Crippen LogP contribution in [0, 0.1) is 5.92 Å². The van der Waals surface area contributed by atoms with Gasteiger partial charge in [-0.1, -0.05) is 55.8 Å². The summed E-state index contributed by atoms with van der Waals surface area (Å²) in [5.41, 5.74) is 2.30. The van der Waals surface area contributed by atoms with Gasteiger partial charge in [0.1, 0.15) is 0 Å². The molecule has 22 heavy (non-hydrogen) atoms. The van der Waals surface area contributed by atoms with Crippen LogP contribution in [0.25, 0.3) is 0 Å². The van der Waals surface area contributed by atoms with Crippen LogP contribution in [0.15, 0.2) is 59.5 Å². The van der Waals surface area contributed by atoms with Crippen molar-refractivity contribution >= 4 is 9.84 Å². The maximum atomic E-state index is 13.3. The highest BCUT2D eigenvalue weighted by Gasteiger charge is 2.55. The van der Waals surface area contributed by atoms with E-state index >= 15 is 0 Å². The molecule has 2 aromatic carbocycles. The zero-order chi connectivity index (χ0) is 15.4. The summed E-state index contributed by atoms with van der Waals surface area (Å²) in [6.45, 7) is 2.25. The molecule has 3 heteroatoms. The first-order chi connectivity index (χ1) is 10.5. The molecule has 2 aliphatic rings. The summed E-state index contributed by atoms with van der Waals surface area (Å²) in [5.74, 6) is 0.204. The molecule has 0 aliphatic heterocycles. The van der Waals surface area contributed by atoms with Gasteiger partial charge in [-0.05, 0) is 47.4 Å². The van der Waals surface area contributed by atoms with Crippen LogP contribution in [-0.4, -0.2) is 8.42 Å². The molecule has 0 saturated heterocycles. The SMILES string of the molecule is C[C@]12CCC[C@H]1[C@@H](S(=O)(=O)c1ccccc1)c1ccccc12. The highest BCUT2D eigenvalue weighted by molar-refractivity contribution is 7.91. The van der Waals surface area contributed by atoms with Crippen molar-refractivity contribution in [1.82, 2.24) is 0 Å². The Morgan fingerprint density at radius 2 is 1.68 bits per heavy atom. The number of hydrogen-bond acceptors (Lipinski definition) is 2. The van der Waals surface area contributed by atoms with Crippen LogP contribution in [0.3, 0.4) is 0 Å². The van der Waals surface area contributed by atoms with Crippen LogP contribution in [-0.2, 0) is 15.3 Å². The maximum Gasteiger partial charge on any atom is 0.185 e. The largest absolute Gasteiger partial charge is 0.223 e. The van der Waals surface area contributed by atoms with E-state index in [0.29, 0.717) is 4.90 Å². The number of sulfone groups is 1. The molecule has 0 heterocycles. The summed E-state index contributed by atoms with van der Waals surface area (Å²) in [5, 5.41) is -0.390. The van der Waals surface area contributed by atoms with Crippen LogP contribution < -0.4 is 0 Å². The van der Waals surface area contributed by atoms with Gasteiger partial charge in [0.25, 0.3) is 0 Å². The van der Waals surface area contributed by atoms with E-state index in [2.05, 4.69) is 13.0 Å². The van der Waals surface area contributed by atoms with Gasteiger partial charge in [-0.3, -0.25) is 0 Å². The lowest BCUT2D eigenvalue weighted by atomic mass is 9.79. The number of fused-ring (bicyclic) bond motifs is 3. The lowest BCUT2D eigenvalue weighted by Crippen LogP contribution is -2.26. The van der Waals surface area contributed by atoms with E-state index in [1.807, 2.05) is 36.4 Å². The summed E-state index contributed by atoms with van der Waals surface area (Å²) in [6.07, 6.45) is 3.22. The summed E-state index contributed by atoms with van der Waals surface area (Å²) in [6, 6.07) is 17.1. The fourth-order valence-corrected chi connectivity index (χ4v) is 6.87. The van der Waals surface area contributed by atoms with Gasteiger partial charge in [-0.2, -0.15) is 0 Å². The Bertz CT molecular complexity index is 810. The Balaban J connectivity index is 1.93. The van der Waals surface area contributed by atoms with Crippen molar-refractivity contribution in [3.8, 4) is 0 Å². The van der Waals surface area contributed by atoms with E-state index < -0.39 is 15.1 Å². The molecular formula is C19H20O2S. The van der Waals surface area contributed by atoms with Gasteiger partial charge in [-0.25, -0.2) is 8.42 Å². The zero-order valence-corrected chi connectivity index (χ0v) is 13.5. The Kier molecular flexibility index (Phi) is 2.99. The van der Waals surface area contributed by atoms with Crippen LogP contribution in [0.1, 0.15) is 42.6 Å². The predicted molar refractivity (Wildman–Crippen MR) is 87.5 cm³/mol. The quantitative estimate of drug-likeness (QED) is 0.829. The number of rotatable bonds is 2. The molecule has 4 rings (SSSR count). The molecule has 0 spiro atoms. The van der Waals surface area contributed by atoms with E-state index in [1.54, 1.807) is 12.1 Å². The highest BCUT2D eigenvalue weighted by atomic mass is 32.2. The van der Waals surface area contributed by atoms with Crippen molar-refractivity contribution in [2.45, 2.75) is 41.7 Å². The van der Waals surface area contributed by atoms with Crippen molar-refractivity contribution in [3.05, 3.63) is 65.7 Å². The molecule has 2 aromatic rings. The maximum absolute atomic E-state index is 13.3. The number of benzene rings is 2. The Labute approximate surface area is 132 Å². The average Bonchev–Trinajstić information content (AvgIpc) is 3.01. The molecule has 0 amide bonds. The molecule has 0 radical (unpaired) electrons. The van der Waals surface area contributed by atoms with E-state index in [0.717, 1.165) is 24.8 Å². The third kappa shape index (κ3) is 1.75. The Morgan fingerprint density at radius 1 is 1.00 bits per heavy atom. The second-order valence-corrected chi connectivity index (χ2v) is 8.85. The number of hydrogen-bond donors (Lipinski definition) is 0. The molecule has 2 aliphatic carbocycles. The standard InChI is InChI=1S/C19H20O2S/c1-19-13-7-12-17(19)18(15-10-5-6-11-16(15)19)22(20,21)14-8-3-2-4-9-14/h2-6,8-11,17-18H,7,12-13H2,1H3/t17-,18-,19+/m0/s1. The second-order valence-electron chi connectivity index (χ2n) is 6.78. The topological polar surface area (TPSA) is 34.1 Å². The van der Waals surface area contributed by atoms with E-state index in [9.17, 15) is 8.42 Å². The minimum Gasteiger partial charge on any atom is -0.223 e. The first kappa shape index (κ1) is 14.0. The fourth-order valence-electron chi connectivity index (χ4n) is 4.64. The molecule has 2 nitrogen and oxygen atoms in total. The van der Waals surface area contributed by atoms with Gasteiger partial charge in [0, 0.05) is 0 Å². The zero-order valence-electron chi connectivity index (χ0n) is 12.7. The fraction of sp³-hybridized carbons (Fsp3) is 0.368. The Morgan fingerprint density at radius 3 is 2.45 bits per heavy atom. The molecule has 0 unspecified atom stereocenters. The molecule has 0 aromatic heterocycles. The van der Waals surface area contributed by atoms with Crippen LogP contribution >= 0.6 is 0 Å². The molecule has 114 valence electrons. The summed E-state index contributed by atoms with van der Waals surface area (Å²) >= 11 is 0. The molecule has 1 fully saturated rings. The lowest BCUT2D eigenvalue weighted by molar-refractivity contribution is 0.365. The monoisotopic (exact) mass is 312 g/mol. The van der Waals surface area contributed by atoms with Crippen molar-refractivity contribution in [2.75, 3.05) is 0 Å². The smallest absolute Gasteiger partial charge is 0.185 e.